The Morgan fingerprint density at radius 1 is 1.53 bits per heavy atom. The van der Waals surface area contributed by atoms with Gasteiger partial charge in [0.05, 0.1) is 19.4 Å². The minimum atomic E-state index is 0.492. The van der Waals surface area contributed by atoms with Crippen molar-refractivity contribution < 1.29 is 4.42 Å². The van der Waals surface area contributed by atoms with E-state index in [2.05, 4.69) is 36.1 Å². The molecular weight excluding hydrogens is 236 g/mol. The Bertz CT molecular complexity index is 426. The van der Waals surface area contributed by atoms with E-state index in [4.69, 9.17) is 10.8 Å². The fraction of sp³-hybridized carbons (Fsp3) is 0.625. The number of furan rings is 1. The minimum absolute atomic E-state index is 0.492. The van der Waals surface area contributed by atoms with Crippen LogP contribution in [0.25, 0.3) is 0 Å². The highest BCUT2D eigenvalue weighted by atomic mass is 16.3. The molecule has 1 aromatic heterocycles. The molecule has 0 spiro atoms. The second kappa shape index (κ2) is 6.79. The molecule has 1 N–H and O–H groups in total. The molecule has 1 aromatic rings. The fourth-order valence-electron chi connectivity index (χ4n) is 2.12. The third-order valence-corrected chi connectivity index (χ3v) is 3.33. The van der Waals surface area contributed by atoms with Crippen LogP contribution in [0.15, 0.2) is 16.7 Å². The number of rotatable bonds is 8. The second-order valence-corrected chi connectivity index (χ2v) is 5.77. The maximum absolute atomic E-state index is 5.63. The molecule has 0 bridgehead atoms. The normalized spacial score (nSPS) is 15.1. The van der Waals surface area contributed by atoms with Crippen molar-refractivity contribution >= 4 is 0 Å². The van der Waals surface area contributed by atoms with Gasteiger partial charge in [0, 0.05) is 24.7 Å². The lowest BCUT2D eigenvalue weighted by Gasteiger charge is -2.17. The summed E-state index contributed by atoms with van der Waals surface area (Å²) in [6.07, 6.45) is 9.98. The zero-order valence-electron chi connectivity index (χ0n) is 12.0. The number of hydrogen-bond acceptors (Lipinski definition) is 3. The third kappa shape index (κ3) is 5.10. The van der Waals surface area contributed by atoms with Gasteiger partial charge in [-0.2, -0.15) is 0 Å². The van der Waals surface area contributed by atoms with Gasteiger partial charge in [0.15, 0.2) is 0 Å². The third-order valence-electron chi connectivity index (χ3n) is 3.33. The van der Waals surface area contributed by atoms with Gasteiger partial charge < -0.3 is 9.73 Å². The Morgan fingerprint density at radius 2 is 2.32 bits per heavy atom. The molecule has 0 unspecified atom stereocenters. The van der Waals surface area contributed by atoms with Crippen LogP contribution < -0.4 is 5.32 Å². The molecule has 2 rings (SSSR count). The quantitative estimate of drug-likeness (QED) is 0.728. The largest absolute Gasteiger partial charge is 0.468 e. The molecule has 3 heteroatoms. The van der Waals surface area contributed by atoms with Crippen LogP contribution in [0.1, 0.15) is 38.0 Å². The van der Waals surface area contributed by atoms with Crippen LogP contribution in [0, 0.1) is 18.3 Å². The lowest BCUT2D eigenvalue weighted by Crippen LogP contribution is -2.25. The van der Waals surface area contributed by atoms with E-state index in [-0.39, 0.29) is 0 Å². The number of terminal acetylenes is 1. The average Bonchev–Trinajstić information content (AvgIpc) is 3.05. The van der Waals surface area contributed by atoms with Crippen molar-refractivity contribution in [3.8, 4) is 12.3 Å². The molecule has 1 aliphatic rings. The lowest BCUT2D eigenvalue weighted by atomic mass is 10.2. The van der Waals surface area contributed by atoms with Gasteiger partial charge >= 0.3 is 0 Å². The van der Waals surface area contributed by atoms with Crippen molar-refractivity contribution in [3.05, 3.63) is 23.7 Å². The highest BCUT2D eigenvalue weighted by Crippen LogP contribution is 2.30. The molecule has 104 valence electrons. The van der Waals surface area contributed by atoms with Gasteiger partial charge in [-0.15, -0.1) is 6.42 Å². The monoisotopic (exact) mass is 260 g/mol. The maximum Gasteiger partial charge on any atom is 0.118 e. The molecule has 19 heavy (non-hydrogen) atoms. The number of nitrogens with one attached hydrogen (secondary N) is 1. The molecule has 1 saturated carbocycles. The van der Waals surface area contributed by atoms with Crippen LogP contribution in [0.4, 0.5) is 0 Å². The summed E-state index contributed by atoms with van der Waals surface area (Å²) < 4.78 is 5.63. The molecule has 0 aliphatic heterocycles. The number of nitrogens with zero attached hydrogens (tertiary/aromatic N) is 1. The standard InChI is InChI=1S/C16H24N2O/c1-4-7-18(10-14-5-6-14)11-16-8-15(12-19-16)9-17-13(2)3/h1,8,12-14,17H,5-7,9-11H2,2-3H3. The molecule has 1 heterocycles. The molecule has 0 aromatic carbocycles. The molecule has 1 fully saturated rings. The first-order valence-corrected chi connectivity index (χ1v) is 7.13. The summed E-state index contributed by atoms with van der Waals surface area (Å²) in [6, 6.07) is 2.62. The van der Waals surface area contributed by atoms with Gasteiger partial charge in [0.1, 0.15) is 5.76 Å². The van der Waals surface area contributed by atoms with E-state index in [1.54, 1.807) is 0 Å². The Hall–Kier alpha value is -1.24. The van der Waals surface area contributed by atoms with Gasteiger partial charge in [-0.25, -0.2) is 0 Å². The molecule has 3 nitrogen and oxygen atoms in total. The molecule has 0 atom stereocenters. The lowest BCUT2D eigenvalue weighted by molar-refractivity contribution is 0.262. The van der Waals surface area contributed by atoms with Crippen LogP contribution in [0.2, 0.25) is 0 Å². The Kier molecular flexibility index (Phi) is 5.07. The van der Waals surface area contributed by atoms with Crippen molar-refractivity contribution in [2.45, 2.75) is 45.8 Å². The van der Waals surface area contributed by atoms with E-state index in [9.17, 15) is 0 Å². The van der Waals surface area contributed by atoms with E-state index >= 15 is 0 Å². The first-order chi connectivity index (χ1) is 9.17. The van der Waals surface area contributed by atoms with Gasteiger partial charge in [0.2, 0.25) is 0 Å². The van der Waals surface area contributed by atoms with E-state index in [1.165, 1.54) is 18.4 Å². The maximum atomic E-state index is 5.63. The van der Waals surface area contributed by atoms with Crippen molar-refractivity contribution in [3.63, 3.8) is 0 Å². The second-order valence-electron chi connectivity index (χ2n) is 5.77. The Labute approximate surface area is 116 Å². The van der Waals surface area contributed by atoms with Crippen molar-refractivity contribution in [1.82, 2.24) is 10.2 Å². The first kappa shape index (κ1) is 14.2. The highest BCUT2D eigenvalue weighted by Gasteiger charge is 2.24. The van der Waals surface area contributed by atoms with Gasteiger partial charge in [-0.05, 0) is 24.8 Å². The predicted octanol–water partition coefficient (Wildman–Crippen LogP) is 2.62. The highest BCUT2D eigenvalue weighted by molar-refractivity contribution is 5.13. The summed E-state index contributed by atoms with van der Waals surface area (Å²) in [6.45, 7) is 7.78. The smallest absolute Gasteiger partial charge is 0.118 e. The zero-order valence-corrected chi connectivity index (χ0v) is 12.0. The van der Waals surface area contributed by atoms with Crippen LogP contribution >= 0.6 is 0 Å². The summed E-state index contributed by atoms with van der Waals surface area (Å²) in [4.78, 5) is 2.30. The Balaban J connectivity index is 1.84. The molecule has 1 aliphatic carbocycles. The molecule has 0 radical (unpaired) electrons. The Morgan fingerprint density at radius 3 is 2.95 bits per heavy atom. The summed E-state index contributed by atoms with van der Waals surface area (Å²) in [5.74, 6) is 4.60. The van der Waals surface area contributed by atoms with Crippen LogP contribution in [-0.4, -0.2) is 24.0 Å². The first-order valence-electron chi connectivity index (χ1n) is 7.13. The van der Waals surface area contributed by atoms with Gasteiger partial charge in [-0.3, -0.25) is 4.90 Å². The van der Waals surface area contributed by atoms with E-state index < -0.39 is 0 Å². The van der Waals surface area contributed by atoms with Gasteiger partial charge in [-0.1, -0.05) is 19.8 Å². The average molecular weight is 260 g/mol. The van der Waals surface area contributed by atoms with Crippen LogP contribution in [0.5, 0.6) is 0 Å². The summed E-state index contributed by atoms with van der Waals surface area (Å²) >= 11 is 0. The fourth-order valence-corrected chi connectivity index (χ4v) is 2.12. The predicted molar refractivity (Wildman–Crippen MR) is 77.5 cm³/mol. The van der Waals surface area contributed by atoms with Crippen molar-refractivity contribution in [1.29, 1.82) is 0 Å². The zero-order chi connectivity index (χ0) is 13.7. The van der Waals surface area contributed by atoms with Gasteiger partial charge in [0.25, 0.3) is 0 Å². The van der Waals surface area contributed by atoms with E-state index in [0.29, 0.717) is 12.6 Å². The van der Waals surface area contributed by atoms with Crippen molar-refractivity contribution in [2.75, 3.05) is 13.1 Å². The van der Waals surface area contributed by atoms with Crippen LogP contribution in [-0.2, 0) is 13.1 Å². The van der Waals surface area contributed by atoms with E-state index in [1.807, 2.05) is 6.26 Å². The molecular formula is C16H24N2O. The summed E-state index contributed by atoms with van der Waals surface area (Å²) in [5.41, 5.74) is 1.20. The van der Waals surface area contributed by atoms with Crippen molar-refractivity contribution in [2.24, 2.45) is 5.92 Å². The minimum Gasteiger partial charge on any atom is -0.468 e. The van der Waals surface area contributed by atoms with E-state index in [0.717, 1.165) is 31.3 Å². The molecule has 0 saturated heterocycles. The summed E-state index contributed by atoms with van der Waals surface area (Å²) in [7, 11) is 0. The topological polar surface area (TPSA) is 28.4 Å². The summed E-state index contributed by atoms with van der Waals surface area (Å²) in [5, 5.41) is 3.39. The number of hydrogen-bond donors (Lipinski definition) is 1. The SMILES string of the molecule is C#CCN(Cc1cc(CNC(C)C)co1)CC1CC1. The van der Waals surface area contributed by atoms with Crippen LogP contribution in [0.3, 0.4) is 0 Å². The molecule has 0 amide bonds.